The Morgan fingerprint density at radius 3 is 2.75 bits per heavy atom. The quantitative estimate of drug-likeness (QED) is 0.779. The van der Waals surface area contributed by atoms with Crippen molar-refractivity contribution in [1.82, 2.24) is 15.5 Å². The summed E-state index contributed by atoms with van der Waals surface area (Å²) in [5.74, 6) is 0. The number of aromatic nitrogens is 2. The predicted octanol–water partition coefficient (Wildman–Crippen LogP) is 3.50. The van der Waals surface area contributed by atoms with Gasteiger partial charge >= 0.3 is 0 Å². The Kier molecular flexibility index (Phi) is 3.90. The molecule has 3 rings (SSSR count). The van der Waals surface area contributed by atoms with Gasteiger partial charge in [0.2, 0.25) is 0 Å². The van der Waals surface area contributed by atoms with E-state index in [9.17, 15) is 0 Å². The molecule has 2 aromatic heterocycles. The van der Waals surface area contributed by atoms with Crippen molar-refractivity contribution in [3.05, 3.63) is 59.5 Å². The lowest BCUT2D eigenvalue weighted by atomic mass is 10.1. The predicted molar refractivity (Wildman–Crippen MR) is 79.6 cm³/mol. The summed E-state index contributed by atoms with van der Waals surface area (Å²) < 4.78 is 5.09. The van der Waals surface area contributed by atoms with E-state index in [4.69, 9.17) is 4.42 Å². The van der Waals surface area contributed by atoms with E-state index in [1.54, 1.807) is 23.9 Å². The fourth-order valence-electron chi connectivity index (χ4n) is 2.05. The van der Waals surface area contributed by atoms with Gasteiger partial charge in [0.15, 0.2) is 5.01 Å². The molecule has 1 atom stereocenters. The van der Waals surface area contributed by atoms with Crippen molar-refractivity contribution in [2.75, 3.05) is 6.54 Å². The molecule has 0 bridgehead atoms. The molecule has 1 N–H and O–H groups in total. The molecule has 1 aromatic carbocycles. The third-order valence-corrected chi connectivity index (χ3v) is 4.03. The van der Waals surface area contributed by atoms with Crippen LogP contribution in [0.15, 0.2) is 53.3 Å². The lowest BCUT2D eigenvalue weighted by molar-refractivity contribution is 0.568. The van der Waals surface area contributed by atoms with E-state index in [2.05, 4.69) is 34.6 Å². The smallest absolute Gasteiger partial charge is 0.151 e. The Balaban J connectivity index is 1.92. The average Bonchev–Trinajstić information content (AvgIpc) is 3.16. The molecule has 1 unspecified atom stereocenters. The normalized spacial score (nSPS) is 12.4. The molecule has 0 aliphatic rings. The second kappa shape index (κ2) is 5.98. The molecule has 5 heteroatoms. The molecule has 20 heavy (non-hydrogen) atoms. The van der Waals surface area contributed by atoms with Crippen LogP contribution < -0.4 is 5.32 Å². The molecule has 4 nitrogen and oxygen atoms in total. The lowest BCUT2D eigenvalue weighted by Gasteiger charge is -2.14. The van der Waals surface area contributed by atoms with Crippen LogP contribution in [0, 0.1) is 0 Å². The first kappa shape index (κ1) is 13.0. The molecule has 0 aliphatic heterocycles. The summed E-state index contributed by atoms with van der Waals surface area (Å²) in [6, 6.07) is 12.3. The first-order valence-corrected chi connectivity index (χ1v) is 7.34. The third kappa shape index (κ3) is 2.64. The highest BCUT2D eigenvalue weighted by Crippen LogP contribution is 2.30. The molecule has 0 spiro atoms. The number of hydrogen-bond acceptors (Lipinski definition) is 5. The number of hydrogen-bond donors (Lipinski definition) is 1. The molecule has 0 aliphatic carbocycles. The SMILES string of the molecule is CCNC(c1ccccc1)c1nnc(-c2ccoc2)s1. The number of benzene rings is 1. The van der Waals surface area contributed by atoms with Gasteiger partial charge < -0.3 is 9.73 Å². The minimum Gasteiger partial charge on any atom is -0.472 e. The van der Waals surface area contributed by atoms with Crippen LogP contribution in [0.5, 0.6) is 0 Å². The van der Waals surface area contributed by atoms with Gasteiger partial charge in [0.25, 0.3) is 0 Å². The van der Waals surface area contributed by atoms with Crippen molar-refractivity contribution >= 4 is 11.3 Å². The topological polar surface area (TPSA) is 51.0 Å². The second-order valence-corrected chi connectivity index (χ2v) is 5.37. The minimum absolute atomic E-state index is 0.0827. The Hall–Kier alpha value is -1.98. The third-order valence-electron chi connectivity index (χ3n) is 3.00. The maximum Gasteiger partial charge on any atom is 0.151 e. The van der Waals surface area contributed by atoms with Gasteiger partial charge in [-0.3, -0.25) is 0 Å². The summed E-state index contributed by atoms with van der Waals surface area (Å²) in [5.41, 5.74) is 2.17. The molecule has 0 amide bonds. The van der Waals surface area contributed by atoms with Crippen molar-refractivity contribution in [2.24, 2.45) is 0 Å². The fourth-order valence-corrected chi connectivity index (χ4v) is 2.98. The van der Waals surface area contributed by atoms with Crippen LogP contribution >= 0.6 is 11.3 Å². The van der Waals surface area contributed by atoms with E-state index < -0.39 is 0 Å². The van der Waals surface area contributed by atoms with E-state index in [1.165, 1.54) is 5.56 Å². The molecule has 0 radical (unpaired) electrons. The fraction of sp³-hybridized carbons (Fsp3) is 0.200. The van der Waals surface area contributed by atoms with E-state index in [0.29, 0.717) is 0 Å². The highest BCUT2D eigenvalue weighted by molar-refractivity contribution is 7.14. The molecule has 2 heterocycles. The molecule has 0 fully saturated rings. The molecule has 0 saturated carbocycles. The van der Waals surface area contributed by atoms with Crippen molar-refractivity contribution < 1.29 is 4.42 Å². The van der Waals surface area contributed by atoms with Gasteiger partial charge in [0.1, 0.15) is 11.3 Å². The van der Waals surface area contributed by atoms with Gasteiger partial charge in [-0.25, -0.2) is 0 Å². The van der Waals surface area contributed by atoms with Crippen molar-refractivity contribution in [2.45, 2.75) is 13.0 Å². The summed E-state index contributed by atoms with van der Waals surface area (Å²) >= 11 is 1.59. The summed E-state index contributed by atoms with van der Waals surface area (Å²) in [6.45, 7) is 2.97. The van der Waals surface area contributed by atoms with Crippen LogP contribution in [0.2, 0.25) is 0 Å². The Labute approximate surface area is 121 Å². The van der Waals surface area contributed by atoms with Crippen LogP contribution in [0.1, 0.15) is 23.5 Å². The number of nitrogens with one attached hydrogen (secondary N) is 1. The molecule has 3 aromatic rings. The highest BCUT2D eigenvalue weighted by atomic mass is 32.1. The first-order valence-electron chi connectivity index (χ1n) is 6.52. The second-order valence-electron chi connectivity index (χ2n) is 4.36. The maximum absolute atomic E-state index is 5.09. The van der Waals surface area contributed by atoms with Crippen molar-refractivity contribution in [3.8, 4) is 10.6 Å². The minimum atomic E-state index is 0.0827. The van der Waals surface area contributed by atoms with Crippen LogP contribution in [-0.4, -0.2) is 16.7 Å². The molecule has 0 saturated heterocycles. The Morgan fingerprint density at radius 2 is 2.05 bits per heavy atom. The summed E-state index contributed by atoms with van der Waals surface area (Å²) in [5, 5.41) is 13.9. The lowest BCUT2D eigenvalue weighted by Crippen LogP contribution is -2.21. The largest absolute Gasteiger partial charge is 0.472 e. The first-order chi connectivity index (χ1) is 9.88. The van der Waals surface area contributed by atoms with E-state index in [1.807, 2.05) is 24.3 Å². The van der Waals surface area contributed by atoms with Crippen LogP contribution in [-0.2, 0) is 0 Å². The molecular weight excluding hydrogens is 270 g/mol. The van der Waals surface area contributed by atoms with E-state index >= 15 is 0 Å². The zero-order chi connectivity index (χ0) is 13.8. The van der Waals surface area contributed by atoms with Gasteiger partial charge in [-0.15, -0.1) is 10.2 Å². The zero-order valence-electron chi connectivity index (χ0n) is 11.1. The average molecular weight is 285 g/mol. The van der Waals surface area contributed by atoms with E-state index in [-0.39, 0.29) is 6.04 Å². The van der Waals surface area contributed by atoms with Gasteiger partial charge in [-0.2, -0.15) is 0 Å². The van der Waals surface area contributed by atoms with Crippen LogP contribution in [0.25, 0.3) is 10.6 Å². The monoisotopic (exact) mass is 285 g/mol. The van der Waals surface area contributed by atoms with Crippen molar-refractivity contribution in [1.29, 1.82) is 0 Å². The van der Waals surface area contributed by atoms with E-state index in [0.717, 1.165) is 22.1 Å². The highest BCUT2D eigenvalue weighted by Gasteiger charge is 2.18. The molecular formula is C15H15N3OS. The zero-order valence-corrected chi connectivity index (χ0v) is 11.9. The maximum atomic E-state index is 5.09. The number of furan rings is 1. The summed E-state index contributed by atoms with van der Waals surface area (Å²) in [7, 11) is 0. The van der Waals surface area contributed by atoms with Gasteiger partial charge in [-0.05, 0) is 18.2 Å². The van der Waals surface area contributed by atoms with Gasteiger partial charge in [-0.1, -0.05) is 48.6 Å². The summed E-state index contributed by atoms with van der Waals surface area (Å²) in [6.07, 6.45) is 3.34. The van der Waals surface area contributed by atoms with Crippen molar-refractivity contribution in [3.63, 3.8) is 0 Å². The van der Waals surface area contributed by atoms with Crippen LogP contribution in [0.3, 0.4) is 0 Å². The Bertz CT molecular complexity index is 649. The van der Waals surface area contributed by atoms with Gasteiger partial charge in [0, 0.05) is 0 Å². The standard InChI is InChI=1S/C15H15N3OS/c1-2-16-13(11-6-4-3-5-7-11)15-18-17-14(20-15)12-8-9-19-10-12/h3-10,13,16H,2H2,1H3. The van der Waals surface area contributed by atoms with Gasteiger partial charge in [0.05, 0.1) is 17.9 Å². The Morgan fingerprint density at radius 1 is 1.20 bits per heavy atom. The summed E-state index contributed by atoms with van der Waals surface area (Å²) in [4.78, 5) is 0. The molecule has 102 valence electrons. The van der Waals surface area contributed by atoms with Crippen LogP contribution in [0.4, 0.5) is 0 Å². The number of nitrogens with zero attached hydrogens (tertiary/aromatic N) is 2. The number of rotatable bonds is 5.